The second-order valence-electron chi connectivity index (χ2n) is 5.39. The Labute approximate surface area is 104 Å². The second-order valence-corrected chi connectivity index (χ2v) is 5.39. The monoisotopic (exact) mass is 233 g/mol. The van der Waals surface area contributed by atoms with Crippen LogP contribution in [-0.2, 0) is 6.42 Å². The molecule has 0 spiro atoms. The van der Waals surface area contributed by atoms with Crippen molar-refractivity contribution in [3.63, 3.8) is 0 Å². The summed E-state index contributed by atoms with van der Waals surface area (Å²) in [5.41, 5.74) is 6.45. The van der Waals surface area contributed by atoms with Crippen LogP contribution in [0.1, 0.15) is 38.2 Å². The van der Waals surface area contributed by atoms with Gasteiger partial charge in [-0.25, -0.2) is 0 Å². The van der Waals surface area contributed by atoms with Crippen LogP contribution >= 0.6 is 0 Å². The lowest BCUT2D eigenvalue weighted by atomic mass is 9.56. The zero-order chi connectivity index (χ0) is 12.4. The van der Waals surface area contributed by atoms with Crippen molar-refractivity contribution in [3.05, 3.63) is 35.9 Å². The lowest BCUT2D eigenvalue weighted by Gasteiger charge is -2.53. The molecule has 0 radical (unpaired) electrons. The molecule has 2 heteroatoms. The summed E-state index contributed by atoms with van der Waals surface area (Å²) in [4.78, 5) is 0. The summed E-state index contributed by atoms with van der Waals surface area (Å²) in [7, 11) is 0. The number of nitrogens with two attached hydrogens (primary N) is 1. The molecule has 1 fully saturated rings. The van der Waals surface area contributed by atoms with E-state index >= 15 is 0 Å². The average molecular weight is 233 g/mol. The molecule has 1 atom stereocenters. The van der Waals surface area contributed by atoms with Crippen LogP contribution in [-0.4, -0.2) is 17.3 Å². The first-order valence-electron chi connectivity index (χ1n) is 6.62. The Morgan fingerprint density at radius 2 is 1.94 bits per heavy atom. The summed E-state index contributed by atoms with van der Waals surface area (Å²) in [5, 5.41) is 11.0. The lowest BCUT2D eigenvalue weighted by molar-refractivity contribution is -0.124. The second kappa shape index (κ2) is 4.79. The van der Waals surface area contributed by atoms with Crippen molar-refractivity contribution >= 4 is 0 Å². The van der Waals surface area contributed by atoms with Gasteiger partial charge in [-0.1, -0.05) is 43.7 Å². The Morgan fingerprint density at radius 1 is 1.29 bits per heavy atom. The van der Waals surface area contributed by atoms with Gasteiger partial charge in [-0.15, -0.1) is 0 Å². The molecular weight excluding hydrogens is 210 g/mol. The van der Waals surface area contributed by atoms with Crippen molar-refractivity contribution in [2.24, 2.45) is 11.1 Å². The molecule has 2 nitrogen and oxygen atoms in total. The molecule has 1 aliphatic carbocycles. The normalized spacial score (nSPS) is 21.6. The molecule has 1 unspecified atom stereocenters. The van der Waals surface area contributed by atoms with Gasteiger partial charge in [0.2, 0.25) is 0 Å². The molecule has 1 aromatic rings. The SMILES string of the molecule is CCC(O)(Cc1ccccc1)C1(CN)CCC1. The van der Waals surface area contributed by atoms with E-state index in [0.29, 0.717) is 6.54 Å². The maximum Gasteiger partial charge on any atom is 0.0753 e. The van der Waals surface area contributed by atoms with Crippen molar-refractivity contribution in [2.45, 2.75) is 44.6 Å². The van der Waals surface area contributed by atoms with Crippen molar-refractivity contribution in [1.29, 1.82) is 0 Å². The Balaban J connectivity index is 2.20. The predicted molar refractivity (Wildman–Crippen MR) is 70.7 cm³/mol. The Hall–Kier alpha value is -0.860. The largest absolute Gasteiger partial charge is 0.389 e. The third-order valence-corrected chi connectivity index (χ3v) is 4.61. The van der Waals surface area contributed by atoms with E-state index in [1.165, 1.54) is 12.0 Å². The highest BCUT2D eigenvalue weighted by Gasteiger charge is 2.51. The Kier molecular flexibility index (Phi) is 3.55. The first-order chi connectivity index (χ1) is 8.16. The molecule has 0 amide bonds. The number of aliphatic hydroxyl groups is 1. The molecule has 94 valence electrons. The molecule has 1 aliphatic rings. The summed E-state index contributed by atoms with van der Waals surface area (Å²) in [6, 6.07) is 10.2. The topological polar surface area (TPSA) is 46.2 Å². The first kappa shape index (κ1) is 12.6. The van der Waals surface area contributed by atoms with Gasteiger partial charge >= 0.3 is 0 Å². The van der Waals surface area contributed by atoms with E-state index in [9.17, 15) is 5.11 Å². The zero-order valence-corrected chi connectivity index (χ0v) is 10.7. The fourth-order valence-electron chi connectivity index (χ4n) is 3.08. The Morgan fingerprint density at radius 3 is 2.35 bits per heavy atom. The van der Waals surface area contributed by atoms with E-state index < -0.39 is 5.60 Å². The number of hydrogen-bond donors (Lipinski definition) is 2. The maximum atomic E-state index is 11.0. The summed E-state index contributed by atoms with van der Waals surface area (Å²) in [6.45, 7) is 2.67. The summed E-state index contributed by atoms with van der Waals surface area (Å²) < 4.78 is 0. The molecule has 17 heavy (non-hydrogen) atoms. The van der Waals surface area contributed by atoms with E-state index in [1.54, 1.807) is 0 Å². The molecule has 2 rings (SSSR count). The van der Waals surface area contributed by atoms with E-state index in [4.69, 9.17) is 5.73 Å². The van der Waals surface area contributed by atoms with Crippen LogP contribution in [0.3, 0.4) is 0 Å². The molecule has 0 bridgehead atoms. The highest BCUT2D eigenvalue weighted by atomic mass is 16.3. The minimum Gasteiger partial charge on any atom is -0.389 e. The van der Waals surface area contributed by atoms with E-state index in [0.717, 1.165) is 25.7 Å². The van der Waals surface area contributed by atoms with Crippen LogP contribution in [0.25, 0.3) is 0 Å². The minimum atomic E-state index is -0.638. The standard InChI is InChI=1S/C15H23NO/c1-2-15(17,14(12-16)9-6-10-14)11-13-7-4-3-5-8-13/h3-5,7-8,17H,2,6,9-12,16H2,1H3. The van der Waals surface area contributed by atoms with Crippen LogP contribution < -0.4 is 5.73 Å². The van der Waals surface area contributed by atoms with E-state index in [2.05, 4.69) is 19.1 Å². The van der Waals surface area contributed by atoms with Crippen LogP contribution in [0, 0.1) is 5.41 Å². The predicted octanol–water partition coefficient (Wildman–Crippen LogP) is 2.50. The van der Waals surface area contributed by atoms with Crippen LogP contribution in [0.15, 0.2) is 30.3 Å². The smallest absolute Gasteiger partial charge is 0.0753 e. The fraction of sp³-hybridized carbons (Fsp3) is 0.600. The van der Waals surface area contributed by atoms with Gasteiger partial charge in [0.15, 0.2) is 0 Å². The third kappa shape index (κ3) is 2.12. The van der Waals surface area contributed by atoms with Crippen LogP contribution in [0.5, 0.6) is 0 Å². The van der Waals surface area contributed by atoms with Crippen molar-refractivity contribution in [2.75, 3.05) is 6.54 Å². The molecule has 0 heterocycles. The summed E-state index contributed by atoms with van der Waals surface area (Å²) >= 11 is 0. The summed E-state index contributed by atoms with van der Waals surface area (Å²) in [6.07, 6.45) is 4.84. The van der Waals surface area contributed by atoms with Gasteiger partial charge in [-0.05, 0) is 24.8 Å². The van der Waals surface area contributed by atoms with Crippen molar-refractivity contribution < 1.29 is 5.11 Å². The zero-order valence-electron chi connectivity index (χ0n) is 10.7. The molecule has 1 saturated carbocycles. The van der Waals surface area contributed by atoms with Gasteiger partial charge in [0.25, 0.3) is 0 Å². The van der Waals surface area contributed by atoms with Crippen molar-refractivity contribution in [3.8, 4) is 0 Å². The highest BCUT2D eigenvalue weighted by Crippen LogP contribution is 2.51. The van der Waals surface area contributed by atoms with Crippen molar-refractivity contribution in [1.82, 2.24) is 0 Å². The lowest BCUT2D eigenvalue weighted by Crippen LogP contribution is -2.57. The summed E-state index contributed by atoms with van der Waals surface area (Å²) in [5.74, 6) is 0. The quantitative estimate of drug-likeness (QED) is 0.821. The van der Waals surface area contributed by atoms with Gasteiger partial charge in [-0.2, -0.15) is 0 Å². The van der Waals surface area contributed by atoms with E-state index in [1.807, 2.05) is 18.2 Å². The molecule has 3 N–H and O–H groups in total. The minimum absolute atomic E-state index is 0.0441. The molecule has 1 aromatic carbocycles. The van der Waals surface area contributed by atoms with Gasteiger partial charge < -0.3 is 10.8 Å². The number of hydrogen-bond acceptors (Lipinski definition) is 2. The molecular formula is C15H23NO. The molecule has 0 aliphatic heterocycles. The maximum absolute atomic E-state index is 11.0. The average Bonchev–Trinajstić information content (AvgIpc) is 2.29. The Bertz CT molecular complexity index is 353. The molecule has 0 saturated heterocycles. The van der Waals surface area contributed by atoms with Crippen LogP contribution in [0.2, 0.25) is 0 Å². The number of rotatable bonds is 5. The van der Waals surface area contributed by atoms with Gasteiger partial charge in [0.05, 0.1) is 5.60 Å². The third-order valence-electron chi connectivity index (χ3n) is 4.61. The highest BCUT2D eigenvalue weighted by molar-refractivity contribution is 5.19. The van der Waals surface area contributed by atoms with Gasteiger partial charge in [-0.3, -0.25) is 0 Å². The number of benzene rings is 1. The van der Waals surface area contributed by atoms with E-state index in [-0.39, 0.29) is 5.41 Å². The van der Waals surface area contributed by atoms with Gasteiger partial charge in [0.1, 0.15) is 0 Å². The van der Waals surface area contributed by atoms with Gasteiger partial charge in [0, 0.05) is 18.4 Å². The molecule has 0 aromatic heterocycles. The van der Waals surface area contributed by atoms with Crippen LogP contribution in [0.4, 0.5) is 0 Å². The fourth-order valence-corrected chi connectivity index (χ4v) is 3.08. The first-order valence-corrected chi connectivity index (χ1v) is 6.62.